The summed E-state index contributed by atoms with van der Waals surface area (Å²) in [6, 6.07) is 0. The van der Waals surface area contributed by atoms with Crippen LogP contribution in [0, 0.1) is 0 Å². The van der Waals surface area contributed by atoms with Crippen molar-refractivity contribution in [3.05, 3.63) is 30.1 Å². The number of ketones is 1. The second-order valence-electron chi connectivity index (χ2n) is 4.81. The third kappa shape index (κ3) is 2.72. The van der Waals surface area contributed by atoms with Crippen LogP contribution in [-0.4, -0.2) is 57.8 Å². The second-order valence-corrected chi connectivity index (χ2v) is 4.81. The van der Waals surface area contributed by atoms with E-state index < -0.39 is 0 Å². The normalized spacial score (nSPS) is 11.1. The molecule has 0 bridgehead atoms. The lowest BCUT2D eigenvalue weighted by molar-refractivity contribution is 0.101. The summed E-state index contributed by atoms with van der Waals surface area (Å²) >= 11 is 0. The van der Waals surface area contributed by atoms with Crippen LogP contribution < -0.4 is 4.74 Å². The van der Waals surface area contributed by atoms with Crippen LogP contribution in [0.1, 0.15) is 16.2 Å². The molecule has 2 aromatic rings. The first-order valence-electron chi connectivity index (χ1n) is 6.30. The van der Waals surface area contributed by atoms with Gasteiger partial charge in [-0.1, -0.05) is 0 Å². The molecule has 7 nitrogen and oxygen atoms in total. The van der Waals surface area contributed by atoms with Gasteiger partial charge in [0.15, 0.2) is 11.4 Å². The van der Waals surface area contributed by atoms with Crippen LogP contribution in [0.15, 0.2) is 18.7 Å². The highest BCUT2D eigenvalue weighted by molar-refractivity contribution is 6.08. The standard InChI is InChI=1S/C13H19N5O2/c1-16(2)5-6-18-12(11(20-4)8-15-18)13(19)10-7-14-9-17(10)3/h7-9H,5-6H2,1-4H3. The minimum Gasteiger partial charge on any atom is -0.493 e. The van der Waals surface area contributed by atoms with Gasteiger partial charge in [0.25, 0.3) is 0 Å². The Bertz CT molecular complexity index is 600. The van der Waals surface area contributed by atoms with Gasteiger partial charge in [0.1, 0.15) is 5.69 Å². The number of hydrogen-bond acceptors (Lipinski definition) is 5. The Kier molecular flexibility index (Phi) is 4.19. The Morgan fingerprint density at radius 1 is 1.40 bits per heavy atom. The summed E-state index contributed by atoms with van der Waals surface area (Å²) < 4.78 is 8.60. The first-order chi connectivity index (χ1) is 9.54. The van der Waals surface area contributed by atoms with Gasteiger partial charge in [-0.05, 0) is 14.1 Å². The van der Waals surface area contributed by atoms with Crippen LogP contribution in [-0.2, 0) is 13.6 Å². The molecule has 7 heteroatoms. The van der Waals surface area contributed by atoms with E-state index in [4.69, 9.17) is 4.74 Å². The molecular weight excluding hydrogens is 258 g/mol. The van der Waals surface area contributed by atoms with Crippen molar-refractivity contribution in [1.29, 1.82) is 0 Å². The Morgan fingerprint density at radius 3 is 2.70 bits per heavy atom. The molecule has 108 valence electrons. The number of methoxy groups -OCH3 is 1. The van der Waals surface area contributed by atoms with Crippen LogP contribution in [0.3, 0.4) is 0 Å². The van der Waals surface area contributed by atoms with Gasteiger partial charge < -0.3 is 14.2 Å². The summed E-state index contributed by atoms with van der Waals surface area (Å²) in [4.78, 5) is 18.6. The quantitative estimate of drug-likeness (QED) is 0.716. The molecule has 2 rings (SSSR count). The van der Waals surface area contributed by atoms with E-state index in [2.05, 4.69) is 10.1 Å². The molecule has 0 amide bonds. The van der Waals surface area contributed by atoms with Crippen molar-refractivity contribution in [2.75, 3.05) is 27.7 Å². The topological polar surface area (TPSA) is 65.2 Å². The predicted molar refractivity (Wildman–Crippen MR) is 74.0 cm³/mol. The lowest BCUT2D eigenvalue weighted by atomic mass is 10.2. The molecule has 0 aliphatic heterocycles. The summed E-state index contributed by atoms with van der Waals surface area (Å²) in [5.74, 6) is 0.341. The number of aryl methyl sites for hydroxylation is 1. The molecule has 0 spiro atoms. The van der Waals surface area contributed by atoms with Crippen molar-refractivity contribution < 1.29 is 9.53 Å². The lowest BCUT2D eigenvalue weighted by Crippen LogP contribution is -2.22. The van der Waals surface area contributed by atoms with E-state index in [-0.39, 0.29) is 5.78 Å². The van der Waals surface area contributed by atoms with Crippen molar-refractivity contribution in [2.24, 2.45) is 7.05 Å². The van der Waals surface area contributed by atoms with Gasteiger partial charge >= 0.3 is 0 Å². The molecule has 0 aliphatic rings. The van der Waals surface area contributed by atoms with Crippen molar-refractivity contribution in [2.45, 2.75) is 6.54 Å². The lowest BCUT2D eigenvalue weighted by Gasteiger charge is -2.12. The van der Waals surface area contributed by atoms with E-state index in [1.165, 1.54) is 7.11 Å². The van der Waals surface area contributed by atoms with Gasteiger partial charge in [-0.3, -0.25) is 9.48 Å². The van der Waals surface area contributed by atoms with Gasteiger partial charge in [-0.15, -0.1) is 0 Å². The summed E-state index contributed by atoms with van der Waals surface area (Å²) in [7, 11) is 7.27. The van der Waals surface area contributed by atoms with Gasteiger partial charge in [0, 0.05) is 13.6 Å². The first kappa shape index (κ1) is 14.3. The summed E-state index contributed by atoms with van der Waals surface area (Å²) in [6.07, 6.45) is 4.71. The van der Waals surface area contributed by atoms with Crippen LogP contribution in [0.4, 0.5) is 0 Å². The summed E-state index contributed by atoms with van der Waals surface area (Å²) in [5.41, 5.74) is 0.966. The largest absolute Gasteiger partial charge is 0.493 e. The summed E-state index contributed by atoms with van der Waals surface area (Å²) in [6.45, 7) is 1.41. The van der Waals surface area contributed by atoms with Crippen LogP contribution in [0.25, 0.3) is 0 Å². The Hall–Kier alpha value is -2.15. The SMILES string of the molecule is COc1cnn(CCN(C)C)c1C(=O)c1cncn1C. The number of carbonyl (C=O) groups excluding carboxylic acids is 1. The van der Waals surface area contributed by atoms with Gasteiger partial charge in [-0.25, -0.2) is 4.98 Å². The molecule has 0 saturated heterocycles. The van der Waals surface area contributed by atoms with Gasteiger partial charge in [0.2, 0.25) is 5.78 Å². The average molecular weight is 277 g/mol. The molecule has 2 aromatic heterocycles. The third-order valence-corrected chi connectivity index (χ3v) is 3.05. The van der Waals surface area contributed by atoms with E-state index in [1.54, 1.807) is 35.0 Å². The highest BCUT2D eigenvalue weighted by atomic mass is 16.5. The second kappa shape index (κ2) is 5.87. The Morgan fingerprint density at radius 2 is 2.15 bits per heavy atom. The number of carbonyl (C=O) groups is 1. The number of nitrogens with zero attached hydrogens (tertiary/aromatic N) is 5. The molecule has 0 unspecified atom stereocenters. The van der Waals surface area contributed by atoms with E-state index in [0.717, 1.165) is 6.54 Å². The monoisotopic (exact) mass is 277 g/mol. The van der Waals surface area contributed by atoms with Crippen molar-refractivity contribution >= 4 is 5.78 Å². The predicted octanol–water partition coefficient (Wildman–Crippen LogP) is 0.418. The maximum atomic E-state index is 12.6. The Labute approximate surface area is 117 Å². The smallest absolute Gasteiger partial charge is 0.232 e. The molecule has 0 fully saturated rings. The number of hydrogen-bond donors (Lipinski definition) is 0. The van der Waals surface area contributed by atoms with Crippen molar-refractivity contribution in [3.8, 4) is 5.75 Å². The fraction of sp³-hybridized carbons (Fsp3) is 0.462. The zero-order valence-corrected chi connectivity index (χ0v) is 12.2. The minimum atomic E-state index is -0.141. The van der Waals surface area contributed by atoms with E-state index in [0.29, 0.717) is 23.7 Å². The number of imidazole rings is 1. The van der Waals surface area contributed by atoms with Crippen LogP contribution >= 0.6 is 0 Å². The number of rotatable bonds is 6. The summed E-state index contributed by atoms with van der Waals surface area (Å²) in [5, 5.41) is 4.23. The fourth-order valence-electron chi connectivity index (χ4n) is 1.91. The Balaban J connectivity index is 2.36. The number of aromatic nitrogens is 4. The van der Waals surface area contributed by atoms with Crippen molar-refractivity contribution in [3.63, 3.8) is 0 Å². The fourth-order valence-corrected chi connectivity index (χ4v) is 1.91. The molecule has 0 aliphatic carbocycles. The molecule has 2 heterocycles. The number of likely N-dealkylation sites (N-methyl/N-ethyl adjacent to an activating group) is 1. The molecule has 0 aromatic carbocycles. The van der Waals surface area contributed by atoms with Gasteiger partial charge in [0.05, 0.1) is 32.4 Å². The molecule has 0 saturated carbocycles. The first-order valence-corrected chi connectivity index (χ1v) is 6.30. The molecular formula is C13H19N5O2. The molecule has 0 atom stereocenters. The van der Waals surface area contributed by atoms with E-state index in [9.17, 15) is 4.79 Å². The van der Waals surface area contributed by atoms with E-state index in [1.807, 2.05) is 19.0 Å². The molecule has 0 N–H and O–H groups in total. The highest BCUT2D eigenvalue weighted by Crippen LogP contribution is 2.21. The average Bonchev–Trinajstić information content (AvgIpc) is 3.01. The maximum Gasteiger partial charge on any atom is 0.232 e. The zero-order valence-electron chi connectivity index (χ0n) is 12.2. The molecule has 0 radical (unpaired) electrons. The number of ether oxygens (including phenoxy) is 1. The van der Waals surface area contributed by atoms with Crippen molar-refractivity contribution in [1.82, 2.24) is 24.2 Å². The third-order valence-electron chi connectivity index (χ3n) is 3.05. The zero-order chi connectivity index (χ0) is 14.7. The minimum absolute atomic E-state index is 0.141. The van der Waals surface area contributed by atoms with Crippen LogP contribution in [0.5, 0.6) is 5.75 Å². The molecule has 20 heavy (non-hydrogen) atoms. The van der Waals surface area contributed by atoms with Crippen LogP contribution in [0.2, 0.25) is 0 Å². The van der Waals surface area contributed by atoms with Gasteiger partial charge in [-0.2, -0.15) is 5.10 Å². The maximum absolute atomic E-state index is 12.6. The highest BCUT2D eigenvalue weighted by Gasteiger charge is 2.23. The van der Waals surface area contributed by atoms with E-state index >= 15 is 0 Å².